The number of aromatic nitrogens is 1. The minimum absolute atomic E-state index is 0.216. The summed E-state index contributed by atoms with van der Waals surface area (Å²) in [7, 11) is 1.88. The summed E-state index contributed by atoms with van der Waals surface area (Å²) in [5.74, 6) is 1.28. The minimum atomic E-state index is -0.642. The first-order valence-corrected chi connectivity index (χ1v) is 15.4. The van der Waals surface area contributed by atoms with Crippen molar-refractivity contribution in [2.24, 2.45) is 16.3 Å². The first-order valence-electron chi connectivity index (χ1n) is 15.4. The maximum absolute atomic E-state index is 11.7. The van der Waals surface area contributed by atoms with E-state index in [1.165, 1.54) is 27.8 Å². The molecule has 224 valence electrons. The second kappa shape index (κ2) is 12.0. The van der Waals surface area contributed by atoms with E-state index in [0.29, 0.717) is 13.0 Å². The Labute approximate surface area is 254 Å². The molecule has 7 nitrogen and oxygen atoms in total. The number of aliphatic carboxylic acids is 1. The van der Waals surface area contributed by atoms with Gasteiger partial charge in [-0.1, -0.05) is 35.9 Å². The highest BCUT2D eigenvalue weighted by atomic mass is 16.5. The van der Waals surface area contributed by atoms with Crippen molar-refractivity contribution in [3.63, 3.8) is 0 Å². The molecule has 1 saturated carbocycles. The van der Waals surface area contributed by atoms with Gasteiger partial charge in [0.05, 0.1) is 11.1 Å². The zero-order valence-corrected chi connectivity index (χ0v) is 25.8. The monoisotopic (exact) mass is 578 g/mol. The number of benzene rings is 2. The van der Waals surface area contributed by atoms with E-state index in [2.05, 4.69) is 59.8 Å². The van der Waals surface area contributed by atoms with Crippen molar-refractivity contribution >= 4 is 17.5 Å². The quantitative estimate of drug-likeness (QED) is 0.299. The fourth-order valence-electron chi connectivity index (χ4n) is 6.89. The number of ether oxygens (including phenoxy) is 1. The van der Waals surface area contributed by atoms with Gasteiger partial charge in [-0.3, -0.25) is 14.7 Å². The predicted octanol–water partition coefficient (Wildman–Crippen LogP) is 6.33. The first kappa shape index (κ1) is 29.1. The summed E-state index contributed by atoms with van der Waals surface area (Å²) in [5, 5.41) is 9.64. The van der Waals surface area contributed by atoms with Gasteiger partial charge in [0.25, 0.3) is 0 Å². The first-order chi connectivity index (χ1) is 20.8. The largest absolute Gasteiger partial charge is 0.488 e. The number of rotatable bonds is 9. The van der Waals surface area contributed by atoms with Gasteiger partial charge in [0.2, 0.25) is 0 Å². The van der Waals surface area contributed by atoms with Crippen molar-refractivity contribution in [2.45, 2.75) is 53.2 Å². The van der Waals surface area contributed by atoms with Crippen LogP contribution in [0.4, 0.5) is 5.82 Å². The molecule has 3 aliphatic rings. The second-order valence-electron chi connectivity index (χ2n) is 12.6. The fraction of sp³-hybridized carbons (Fsp3) is 0.417. The normalized spacial score (nSPS) is 21.5. The molecule has 6 rings (SSSR count). The molecule has 1 aliphatic carbocycles. The van der Waals surface area contributed by atoms with Crippen molar-refractivity contribution < 1.29 is 14.6 Å². The van der Waals surface area contributed by atoms with Crippen molar-refractivity contribution in [2.75, 3.05) is 38.1 Å². The molecule has 0 unspecified atom stereocenters. The van der Waals surface area contributed by atoms with E-state index in [4.69, 9.17) is 9.72 Å². The van der Waals surface area contributed by atoms with E-state index < -0.39 is 11.4 Å². The van der Waals surface area contributed by atoms with Gasteiger partial charge < -0.3 is 14.7 Å². The molecule has 2 aliphatic heterocycles. The number of carboxylic acid groups (broad SMARTS) is 1. The highest BCUT2D eigenvalue weighted by Crippen LogP contribution is 2.58. The molecule has 1 aromatic heterocycles. The van der Waals surface area contributed by atoms with E-state index in [1.807, 2.05) is 43.4 Å². The molecule has 7 heteroatoms. The number of anilines is 1. The molecule has 0 amide bonds. The Morgan fingerprint density at radius 2 is 1.98 bits per heavy atom. The maximum Gasteiger partial charge on any atom is 0.310 e. The number of hydrogen-bond donors (Lipinski definition) is 1. The summed E-state index contributed by atoms with van der Waals surface area (Å²) in [5.41, 5.74) is 9.11. The zero-order chi connectivity index (χ0) is 30.1. The molecule has 1 saturated heterocycles. The molecule has 3 heterocycles. The minimum Gasteiger partial charge on any atom is -0.488 e. The van der Waals surface area contributed by atoms with Crippen LogP contribution in [-0.2, 0) is 24.4 Å². The molecule has 2 atom stereocenters. The SMILES string of the molecule is CN=C(C=C(C)C)CN1CCc2c(ccc(COc3ccccc3-c3cccc(N4CC[C@@]5(C(=O)O)C[C@H]5C4)n3)c2C)C1. The molecular weight excluding hydrogens is 536 g/mol. The number of nitrogens with zero attached hydrogens (tertiary/aromatic N) is 4. The van der Waals surface area contributed by atoms with Crippen LogP contribution in [0.3, 0.4) is 0 Å². The Morgan fingerprint density at radius 3 is 2.74 bits per heavy atom. The fourth-order valence-corrected chi connectivity index (χ4v) is 6.89. The van der Waals surface area contributed by atoms with Crippen LogP contribution in [0, 0.1) is 18.3 Å². The van der Waals surface area contributed by atoms with Gasteiger partial charge in [-0.25, -0.2) is 4.98 Å². The van der Waals surface area contributed by atoms with Crippen molar-refractivity contribution in [3.05, 3.63) is 88.5 Å². The lowest BCUT2D eigenvalue weighted by molar-refractivity contribution is -0.144. The van der Waals surface area contributed by atoms with Gasteiger partial charge >= 0.3 is 5.97 Å². The summed E-state index contributed by atoms with van der Waals surface area (Å²) in [4.78, 5) is 25.9. The van der Waals surface area contributed by atoms with E-state index in [0.717, 1.165) is 74.1 Å². The Bertz CT molecular complexity index is 1590. The Morgan fingerprint density at radius 1 is 1.14 bits per heavy atom. The number of carboxylic acids is 1. The van der Waals surface area contributed by atoms with Gasteiger partial charge in [-0.15, -0.1) is 0 Å². The molecule has 0 radical (unpaired) electrons. The van der Waals surface area contributed by atoms with Crippen LogP contribution in [0.15, 0.2) is 71.2 Å². The third-order valence-corrected chi connectivity index (χ3v) is 9.54. The standard InChI is InChI=1S/C36H42N4O3/c1-24(2)18-29(37-4)22-39-16-14-30-25(3)27(13-12-26(30)20-39)23-43-33-10-6-5-8-31(33)32-9-7-11-34(38-32)40-17-15-36(35(41)42)19-28(36)21-40/h5-13,18,28H,14-17,19-23H2,1-4H3,(H,41,42)/t28-,36+/m0/s1. The lowest BCUT2D eigenvalue weighted by Gasteiger charge is -2.31. The van der Waals surface area contributed by atoms with Gasteiger partial charge in [-0.2, -0.15) is 0 Å². The van der Waals surface area contributed by atoms with Crippen LogP contribution in [0.2, 0.25) is 0 Å². The highest BCUT2D eigenvalue weighted by molar-refractivity contribution is 5.97. The Hall–Kier alpha value is -3.97. The van der Waals surface area contributed by atoms with Crippen LogP contribution >= 0.6 is 0 Å². The van der Waals surface area contributed by atoms with Gasteiger partial charge in [0.1, 0.15) is 18.2 Å². The molecule has 0 bridgehead atoms. The Kier molecular flexibility index (Phi) is 8.10. The van der Waals surface area contributed by atoms with E-state index in [9.17, 15) is 9.90 Å². The van der Waals surface area contributed by atoms with Gasteiger partial charge in [0.15, 0.2) is 0 Å². The van der Waals surface area contributed by atoms with Crippen molar-refractivity contribution in [1.82, 2.24) is 9.88 Å². The van der Waals surface area contributed by atoms with E-state index in [-0.39, 0.29) is 5.92 Å². The topological polar surface area (TPSA) is 78.3 Å². The zero-order valence-electron chi connectivity index (χ0n) is 25.8. The molecule has 3 aromatic rings. The number of fused-ring (bicyclic) bond motifs is 2. The van der Waals surface area contributed by atoms with Gasteiger partial charge in [0, 0.05) is 51.0 Å². The molecule has 2 aromatic carbocycles. The number of hydrogen-bond acceptors (Lipinski definition) is 6. The Balaban J connectivity index is 1.14. The average molecular weight is 579 g/mol. The molecular formula is C36H42N4O3. The van der Waals surface area contributed by atoms with Crippen LogP contribution in [-0.4, -0.2) is 59.9 Å². The van der Waals surface area contributed by atoms with Crippen LogP contribution < -0.4 is 9.64 Å². The van der Waals surface area contributed by atoms with E-state index >= 15 is 0 Å². The van der Waals surface area contributed by atoms with Crippen LogP contribution in [0.1, 0.15) is 48.9 Å². The summed E-state index contributed by atoms with van der Waals surface area (Å²) in [6.07, 6.45) is 4.66. The summed E-state index contributed by atoms with van der Waals surface area (Å²) >= 11 is 0. The number of allylic oxidation sites excluding steroid dienone is 1. The third-order valence-electron chi connectivity index (χ3n) is 9.54. The maximum atomic E-state index is 11.7. The lowest BCUT2D eigenvalue weighted by Crippen LogP contribution is -2.38. The number of para-hydroxylation sites is 1. The molecule has 0 spiro atoms. The van der Waals surface area contributed by atoms with E-state index in [1.54, 1.807) is 0 Å². The lowest BCUT2D eigenvalue weighted by atomic mass is 9.92. The summed E-state index contributed by atoms with van der Waals surface area (Å²) in [6, 6.07) is 18.7. The number of aliphatic imine (C=N–C) groups is 1. The van der Waals surface area contributed by atoms with Crippen LogP contribution in [0.5, 0.6) is 5.75 Å². The van der Waals surface area contributed by atoms with Crippen molar-refractivity contribution in [1.29, 1.82) is 0 Å². The second-order valence-corrected chi connectivity index (χ2v) is 12.6. The van der Waals surface area contributed by atoms with Crippen LogP contribution in [0.25, 0.3) is 11.3 Å². The number of pyridine rings is 1. The number of carbonyl (C=O) groups is 1. The third kappa shape index (κ3) is 5.96. The smallest absolute Gasteiger partial charge is 0.310 e. The average Bonchev–Trinajstić information content (AvgIpc) is 3.76. The highest BCUT2D eigenvalue weighted by Gasteiger charge is 2.62. The summed E-state index contributed by atoms with van der Waals surface area (Å²) < 4.78 is 6.47. The molecule has 2 fully saturated rings. The summed E-state index contributed by atoms with van der Waals surface area (Å²) in [6.45, 7) is 11.3. The number of piperidine rings is 1. The molecule has 1 N–H and O–H groups in total. The molecule has 43 heavy (non-hydrogen) atoms. The van der Waals surface area contributed by atoms with Crippen molar-refractivity contribution in [3.8, 4) is 17.0 Å². The van der Waals surface area contributed by atoms with Gasteiger partial charge in [-0.05, 0) is 98.5 Å². The predicted molar refractivity (Wildman–Crippen MR) is 172 cm³/mol.